The molecule has 0 unspecified atom stereocenters. The predicted octanol–water partition coefficient (Wildman–Crippen LogP) is 3.22. The molecule has 0 atom stereocenters. The first-order valence-electron chi connectivity index (χ1n) is 3.50. The molecule has 0 amide bonds. The van der Waals surface area contributed by atoms with Gasteiger partial charge in [0.15, 0.2) is 0 Å². The SMILES string of the molecule is CSCOP(OCSC)OCSC. The Bertz CT molecular complexity index is 90.1. The summed E-state index contributed by atoms with van der Waals surface area (Å²) >= 11 is 4.85. The highest BCUT2D eigenvalue weighted by Crippen LogP contribution is 2.41. The average Bonchev–Trinajstić information content (AvgIpc) is 2.17. The molecule has 0 fully saturated rings. The summed E-state index contributed by atoms with van der Waals surface area (Å²) in [7, 11) is -1.14. The number of hydrogen-bond acceptors (Lipinski definition) is 6. The molecule has 0 aromatic rings. The van der Waals surface area contributed by atoms with E-state index in [0.29, 0.717) is 17.8 Å². The van der Waals surface area contributed by atoms with Crippen LogP contribution in [0.15, 0.2) is 0 Å². The molecule has 80 valence electrons. The molecule has 0 N–H and O–H groups in total. The Labute approximate surface area is 94.0 Å². The molecule has 0 saturated carbocycles. The van der Waals surface area contributed by atoms with Gasteiger partial charge >= 0.3 is 8.60 Å². The van der Waals surface area contributed by atoms with Crippen molar-refractivity contribution in [3.63, 3.8) is 0 Å². The van der Waals surface area contributed by atoms with E-state index >= 15 is 0 Å². The normalized spacial score (nSPS) is 11.1. The number of thioether (sulfide) groups is 3. The van der Waals surface area contributed by atoms with Crippen molar-refractivity contribution in [1.82, 2.24) is 0 Å². The Hall–Kier alpha value is 1.36. The molecule has 0 heterocycles. The maximum absolute atomic E-state index is 5.35. The zero-order valence-corrected chi connectivity index (χ0v) is 11.4. The molecule has 0 bridgehead atoms. The van der Waals surface area contributed by atoms with Gasteiger partial charge in [-0.25, -0.2) is 0 Å². The molecular formula is C6H15O3PS3. The smallest absolute Gasteiger partial charge is 0.301 e. The van der Waals surface area contributed by atoms with E-state index < -0.39 is 8.60 Å². The van der Waals surface area contributed by atoms with Gasteiger partial charge in [-0.2, -0.15) is 0 Å². The van der Waals surface area contributed by atoms with Gasteiger partial charge in [-0.15, -0.1) is 35.3 Å². The maximum atomic E-state index is 5.35. The fourth-order valence-electron chi connectivity index (χ4n) is 0.399. The fourth-order valence-corrected chi connectivity index (χ4v) is 2.92. The van der Waals surface area contributed by atoms with E-state index in [9.17, 15) is 0 Å². The van der Waals surface area contributed by atoms with E-state index in [0.717, 1.165) is 0 Å². The maximum Gasteiger partial charge on any atom is 0.335 e. The third-order valence-electron chi connectivity index (χ3n) is 0.828. The van der Waals surface area contributed by atoms with Crippen molar-refractivity contribution in [2.24, 2.45) is 0 Å². The van der Waals surface area contributed by atoms with Gasteiger partial charge in [0, 0.05) is 0 Å². The van der Waals surface area contributed by atoms with E-state index in [-0.39, 0.29) is 0 Å². The number of rotatable bonds is 9. The van der Waals surface area contributed by atoms with Crippen molar-refractivity contribution >= 4 is 43.9 Å². The van der Waals surface area contributed by atoms with Crippen LogP contribution in [-0.2, 0) is 13.6 Å². The quantitative estimate of drug-likeness (QED) is 0.468. The van der Waals surface area contributed by atoms with E-state index in [1.807, 2.05) is 18.8 Å². The lowest BCUT2D eigenvalue weighted by molar-refractivity contribution is 0.220. The van der Waals surface area contributed by atoms with Crippen LogP contribution >= 0.6 is 43.9 Å². The molecular weight excluding hydrogens is 247 g/mol. The minimum absolute atomic E-state index is 0.620. The van der Waals surface area contributed by atoms with Gasteiger partial charge < -0.3 is 13.6 Å². The predicted molar refractivity (Wildman–Crippen MR) is 65.3 cm³/mol. The van der Waals surface area contributed by atoms with Gasteiger partial charge in [0.2, 0.25) is 0 Å². The molecule has 0 spiro atoms. The molecule has 0 radical (unpaired) electrons. The van der Waals surface area contributed by atoms with Crippen LogP contribution in [0.2, 0.25) is 0 Å². The first kappa shape index (κ1) is 14.4. The lowest BCUT2D eigenvalue weighted by Gasteiger charge is -2.14. The molecule has 7 heteroatoms. The molecule has 0 rings (SSSR count). The van der Waals surface area contributed by atoms with Gasteiger partial charge in [-0.3, -0.25) is 0 Å². The summed E-state index contributed by atoms with van der Waals surface area (Å²) in [5, 5.41) is 0. The zero-order chi connectivity index (χ0) is 9.94. The minimum atomic E-state index is -1.14. The second kappa shape index (κ2) is 11.4. The summed E-state index contributed by atoms with van der Waals surface area (Å²) in [5.41, 5.74) is 0. The van der Waals surface area contributed by atoms with Crippen molar-refractivity contribution in [3.8, 4) is 0 Å². The van der Waals surface area contributed by atoms with Gasteiger partial charge in [0.1, 0.15) is 17.8 Å². The standard InChI is InChI=1S/C6H15O3PS3/c1-11-4-7-10(8-5-12-2)9-6-13-3/h4-6H2,1-3H3. The van der Waals surface area contributed by atoms with Crippen LogP contribution in [0.4, 0.5) is 0 Å². The lowest BCUT2D eigenvalue weighted by Crippen LogP contribution is -1.94. The van der Waals surface area contributed by atoms with Crippen LogP contribution in [0.5, 0.6) is 0 Å². The second-order valence-corrected chi connectivity index (χ2v) is 5.49. The topological polar surface area (TPSA) is 27.7 Å². The molecule has 0 saturated heterocycles. The second-order valence-electron chi connectivity index (χ2n) is 1.83. The number of hydrogen-bond donors (Lipinski definition) is 0. The Morgan fingerprint density at radius 3 is 1.31 bits per heavy atom. The van der Waals surface area contributed by atoms with Gasteiger partial charge in [-0.05, 0) is 18.8 Å². The average molecular weight is 262 g/mol. The first-order valence-corrected chi connectivity index (χ1v) is 8.78. The molecule has 3 nitrogen and oxygen atoms in total. The zero-order valence-electron chi connectivity index (χ0n) is 8.02. The van der Waals surface area contributed by atoms with Crippen molar-refractivity contribution in [2.45, 2.75) is 0 Å². The summed E-state index contributed by atoms with van der Waals surface area (Å²) in [6.07, 6.45) is 5.95. The molecule has 0 aromatic heterocycles. The van der Waals surface area contributed by atoms with Gasteiger partial charge in [-0.1, -0.05) is 0 Å². The van der Waals surface area contributed by atoms with Gasteiger partial charge in [0.25, 0.3) is 0 Å². The van der Waals surface area contributed by atoms with Crippen LogP contribution in [0.1, 0.15) is 0 Å². The summed E-state index contributed by atoms with van der Waals surface area (Å²) < 4.78 is 16.1. The van der Waals surface area contributed by atoms with Crippen LogP contribution < -0.4 is 0 Å². The molecule has 0 aromatic carbocycles. The monoisotopic (exact) mass is 262 g/mol. The van der Waals surface area contributed by atoms with Crippen molar-refractivity contribution in [2.75, 3.05) is 36.6 Å². The fraction of sp³-hybridized carbons (Fsp3) is 1.00. The highest BCUT2D eigenvalue weighted by molar-refractivity contribution is 7.99. The Morgan fingerprint density at radius 1 is 0.769 bits per heavy atom. The van der Waals surface area contributed by atoms with Crippen LogP contribution in [0.25, 0.3) is 0 Å². The molecule has 0 aliphatic rings. The molecule has 0 aliphatic carbocycles. The Balaban J connectivity index is 3.47. The third-order valence-corrected chi connectivity index (χ3v) is 3.43. The summed E-state index contributed by atoms with van der Waals surface area (Å²) in [4.78, 5) is 0. The Kier molecular flexibility index (Phi) is 12.6. The third kappa shape index (κ3) is 9.66. The van der Waals surface area contributed by atoms with Crippen LogP contribution in [-0.4, -0.2) is 36.6 Å². The minimum Gasteiger partial charge on any atom is -0.301 e. The first-order chi connectivity index (χ1) is 6.35. The summed E-state index contributed by atoms with van der Waals surface area (Å²) in [5.74, 6) is 1.86. The van der Waals surface area contributed by atoms with Crippen LogP contribution in [0, 0.1) is 0 Å². The molecule has 13 heavy (non-hydrogen) atoms. The molecule has 0 aliphatic heterocycles. The van der Waals surface area contributed by atoms with E-state index in [1.165, 1.54) is 0 Å². The lowest BCUT2D eigenvalue weighted by atomic mass is 11.7. The van der Waals surface area contributed by atoms with Crippen LogP contribution in [0.3, 0.4) is 0 Å². The van der Waals surface area contributed by atoms with Crippen molar-refractivity contribution in [1.29, 1.82) is 0 Å². The summed E-state index contributed by atoms with van der Waals surface area (Å²) in [6.45, 7) is 0. The largest absolute Gasteiger partial charge is 0.335 e. The van der Waals surface area contributed by atoms with Gasteiger partial charge in [0.05, 0.1) is 0 Å². The highest BCUT2D eigenvalue weighted by atomic mass is 32.2. The van der Waals surface area contributed by atoms with E-state index in [2.05, 4.69) is 0 Å². The highest BCUT2D eigenvalue weighted by Gasteiger charge is 2.10. The van der Waals surface area contributed by atoms with E-state index in [1.54, 1.807) is 35.3 Å². The van der Waals surface area contributed by atoms with E-state index in [4.69, 9.17) is 13.6 Å². The Morgan fingerprint density at radius 2 is 1.08 bits per heavy atom. The van der Waals surface area contributed by atoms with Crippen molar-refractivity contribution < 1.29 is 13.6 Å². The van der Waals surface area contributed by atoms with Crippen molar-refractivity contribution in [3.05, 3.63) is 0 Å². The summed E-state index contributed by atoms with van der Waals surface area (Å²) in [6, 6.07) is 0.